The molecule has 0 saturated carbocycles. The Morgan fingerprint density at radius 3 is 0.508 bits per heavy atom. The summed E-state index contributed by atoms with van der Waals surface area (Å²) in [6, 6.07) is 50.2. The van der Waals surface area contributed by atoms with Crippen molar-refractivity contribution in [2.45, 2.75) is 0 Å². The molecule has 32 heteroatoms. The molecule has 17 rings (SSSR count). The molecule has 0 aliphatic carbocycles. The minimum atomic E-state index is -0.582. The van der Waals surface area contributed by atoms with Crippen molar-refractivity contribution < 1.29 is 38.4 Å². The van der Waals surface area contributed by atoms with Gasteiger partial charge in [0.2, 0.25) is 0 Å². The largest absolute Gasteiger partial charge is 0.368 e. The third-order valence-electron chi connectivity index (χ3n) is 20.0. The first-order valence-electron chi connectivity index (χ1n) is 38.6. The molecule has 0 atom stereocenters. The second-order valence-electron chi connectivity index (χ2n) is 28.4. The number of amides is 8. The van der Waals surface area contributed by atoms with Crippen molar-refractivity contribution in [1.29, 1.82) is 0 Å². The van der Waals surface area contributed by atoms with Gasteiger partial charge in [0.05, 0.1) is 52.4 Å². The van der Waals surface area contributed by atoms with E-state index in [1.807, 2.05) is 24.3 Å². The highest BCUT2D eigenvalue weighted by atomic mass is 16.2. The molecule has 32 nitrogen and oxygen atoms in total. The molecule has 0 fully saturated rings. The van der Waals surface area contributed by atoms with Gasteiger partial charge in [0.15, 0.2) is 0 Å². The van der Waals surface area contributed by atoms with Crippen LogP contribution in [0.2, 0.25) is 0 Å². The van der Waals surface area contributed by atoms with Crippen LogP contribution in [0.3, 0.4) is 0 Å². The first kappa shape index (κ1) is 75.2. The quantitative estimate of drug-likeness (QED) is 0.0307. The Morgan fingerprint density at radius 2 is 0.339 bits per heavy atom. The topological polar surface area (TPSA) is 428 Å². The molecule has 8 amide bonds. The maximum atomic E-state index is 14.7. The van der Waals surface area contributed by atoms with Gasteiger partial charge in [-0.2, -0.15) is 0 Å². The van der Waals surface area contributed by atoms with Crippen molar-refractivity contribution in [2.75, 3.05) is 147 Å². The molecular formula is C86H78N24O8. The zero-order valence-corrected chi connectivity index (χ0v) is 63.5. The maximum Gasteiger partial charge on any atom is 0.255 e. The highest BCUT2D eigenvalue weighted by molar-refractivity contribution is 6.18. The van der Waals surface area contributed by atoms with E-state index in [1.54, 1.807) is 109 Å². The smallest absolute Gasteiger partial charge is 0.255 e. The van der Waals surface area contributed by atoms with Crippen LogP contribution in [0.25, 0.3) is 0 Å². The lowest BCUT2D eigenvalue weighted by atomic mass is 10.0. The fourth-order valence-electron chi connectivity index (χ4n) is 14.4. The monoisotopic (exact) mass is 1570 g/mol. The van der Waals surface area contributed by atoms with Gasteiger partial charge in [-0.05, 0) is 182 Å². The number of anilines is 8. The van der Waals surface area contributed by atoms with Crippen molar-refractivity contribution in [1.82, 2.24) is 42.5 Å². The van der Waals surface area contributed by atoms with E-state index in [-0.39, 0.29) is 67.3 Å². The first-order chi connectivity index (χ1) is 57.6. The van der Waals surface area contributed by atoms with Gasteiger partial charge >= 0.3 is 0 Å². The highest BCUT2D eigenvalue weighted by Gasteiger charge is 2.26. The summed E-state index contributed by atoms with van der Waals surface area (Å²) >= 11 is 0. The molecule has 9 aromatic rings. The summed E-state index contributed by atoms with van der Waals surface area (Å²) in [5.74, 6) is 0.590. The van der Waals surface area contributed by atoms with Crippen LogP contribution in [0.5, 0.6) is 0 Å². The Bertz CT molecular complexity index is 5550. The SMILES string of the molecule is O=C(Nc1cc(C(=O)Nc2cc(C(=O)Nc3cc(C(=O)Nc4ccc(C5=NCCN5)cc4)cc(C4=NCCN4)c3)cc(C3=NCCN3)c2)cc(C2=NCCN2)c1)c1ccc(C(=O)Nc2cc(C(=O)Nc3cc(C(=O)Nc4cc(C(=O)Nc5ccc(C6=NCCN6)cc5)cc(C5=NCCN5)c4)cc(C4=NCCN4)c3)cc(C3=NCCN3)c2)cc1. The number of amidine groups is 8. The number of hydrogen-bond acceptors (Lipinski definition) is 24. The van der Waals surface area contributed by atoms with Gasteiger partial charge in [-0.3, -0.25) is 78.3 Å². The summed E-state index contributed by atoms with van der Waals surface area (Å²) in [6.07, 6.45) is 0. The molecule has 590 valence electrons. The fourth-order valence-corrected chi connectivity index (χ4v) is 14.4. The van der Waals surface area contributed by atoms with Crippen molar-refractivity contribution in [3.63, 3.8) is 0 Å². The van der Waals surface area contributed by atoms with Gasteiger partial charge in [0.1, 0.15) is 46.7 Å². The number of hydrogen-bond donors (Lipinski definition) is 16. The van der Waals surface area contributed by atoms with E-state index in [0.717, 1.165) is 35.9 Å². The number of carbonyl (C=O) groups is 8. The van der Waals surface area contributed by atoms with Gasteiger partial charge in [-0.1, -0.05) is 0 Å². The molecule has 8 heterocycles. The van der Waals surface area contributed by atoms with Crippen molar-refractivity contribution >= 4 is 139 Å². The second kappa shape index (κ2) is 33.7. The van der Waals surface area contributed by atoms with E-state index in [1.165, 1.54) is 48.5 Å². The summed E-state index contributed by atoms with van der Waals surface area (Å²) in [5.41, 5.74) is 9.32. The zero-order valence-electron chi connectivity index (χ0n) is 63.5. The molecule has 9 aromatic carbocycles. The lowest BCUT2D eigenvalue weighted by Crippen LogP contribution is -2.23. The number of aliphatic imine (C=N–C) groups is 8. The molecule has 8 aliphatic rings. The van der Waals surface area contributed by atoms with E-state index < -0.39 is 47.3 Å². The summed E-state index contributed by atoms with van der Waals surface area (Å²) in [5, 5.41) is 49.7. The number of benzene rings is 9. The van der Waals surface area contributed by atoms with Crippen LogP contribution in [0.1, 0.15) is 127 Å². The third-order valence-corrected chi connectivity index (χ3v) is 20.0. The number of carbonyl (C=O) groups excluding carboxylic acids is 8. The predicted octanol–water partition coefficient (Wildman–Crippen LogP) is 6.50. The molecule has 0 radical (unpaired) electrons. The Balaban J connectivity index is 0.575. The lowest BCUT2D eigenvalue weighted by Gasteiger charge is -2.15. The standard InChI is InChI=1S/C86H78N24O8/c111-79(105-65-35-53(75-95-21-22-96-75)31-59(43-65)83(115)109-69-39-55(77-99-25-26-100-77)33-61(45-69)85(117)107-67-37-51(73-91-17-18-92-73)29-57(41-67)81(113)103-63-9-5-47(6-10-63)71-87-13-14-88-71)49-1-2-50(4-3-49)80(112)106-66-36-54(76-97-23-24-98-76)32-60(44-66)84(116)110-70-40-56(78-101-27-28-102-78)34-62(46-70)86(118)108-68-38-52(74-93-19-20-94-74)30-58(42-68)82(114)104-64-11-7-48(8-12-64)72-89-15-16-90-72/h1-12,29-46H,13-28H2,(H,87,88)(H,89,90)(H,91,92)(H,93,94)(H,95,96)(H,97,98)(H,99,100)(H,101,102)(H,103,113)(H,104,114)(H,105,111)(H,106,112)(H,107,117)(H,108,118)(H,109,115)(H,110,116). The van der Waals surface area contributed by atoms with Gasteiger partial charge < -0.3 is 85.1 Å². The minimum absolute atomic E-state index is 0.139. The first-order valence-corrected chi connectivity index (χ1v) is 38.6. The van der Waals surface area contributed by atoms with Crippen LogP contribution in [0.4, 0.5) is 45.5 Å². The van der Waals surface area contributed by atoms with E-state index in [9.17, 15) is 38.4 Å². The van der Waals surface area contributed by atoms with E-state index in [2.05, 4.69) is 125 Å². The van der Waals surface area contributed by atoms with Gasteiger partial charge in [0, 0.05) is 187 Å². The van der Waals surface area contributed by atoms with E-state index >= 15 is 0 Å². The Kier molecular flexibility index (Phi) is 21.5. The van der Waals surface area contributed by atoms with Crippen LogP contribution in [-0.2, 0) is 0 Å². The van der Waals surface area contributed by atoms with Gasteiger partial charge in [-0.25, -0.2) is 0 Å². The summed E-state index contributed by atoms with van der Waals surface area (Å²) in [7, 11) is 0. The molecule has 16 N–H and O–H groups in total. The van der Waals surface area contributed by atoms with E-state index in [4.69, 9.17) is 0 Å². The zero-order chi connectivity index (χ0) is 80.6. The molecule has 0 saturated heterocycles. The average molecular weight is 1580 g/mol. The van der Waals surface area contributed by atoms with Crippen molar-refractivity contribution in [3.8, 4) is 0 Å². The average Bonchev–Trinajstić information content (AvgIpc) is 0.853. The summed E-state index contributed by atoms with van der Waals surface area (Å²) in [6.45, 7) is 9.37. The molecule has 0 unspecified atom stereocenters. The summed E-state index contributed by atoms with van der Waals surface area (Å²) in [4.78, 5) is 151. The lowest BCUT2D eigenvalue weighted by molar-refractivity contribution is 0.101. The van der Waals surface area contributed by atoms with Crippen molar-refractivity contribution in [3.05, 3.63) is 271 Å². The Morgan fingerprint density at radius 1 is 0.178 bits per heavy atom. The molecule has 0 bridgehead atoms. The third kappa shape index (κ3) is 17.5. The number of nitrogens with one attached hydrogen (secondary N) is 16. The van der Waals surface area contributed by atoms with Crippen LogP contribution >= 0.6 is 0 Å². The highest BCUT2D eigenvalue weighted by Crippen LogP contribution is 2.29. The molecule has 0 spiro atoms. The van der Waals surface area contributed by atoms with Crippen LogP contribution in [0, 0.1) is 0 Å². The molecule has 118 heavy (non-hydrogen) atoms. The maximum absolute atomic E-state index is 14.7. The Hall–Kier alpha value is -15.5. The van der Waals surface area contributed by atoms with Crippen LogP contribution < -0.4 is 85.1 Å². The Labute approximate surface area is 675 Å². The van der Waals surface area contributed by atoms with Gasteiger partial charge in [-0.15, -0.1) is 0 Å². The minimum Gasteiger partial charge on any atom is -0.368 e. The molecule has 0 aromatic heterocycles. The number of nitrogens with zero attached hydrogens (tertiary/aromatic N) is 8. The van der Waals surface area contributed by atoms with Gasteiger partial charge in [0.25, 0.3) is 47.3 Å². The molecular weight excluding hydrogens is 1500 g/mol. The second-order valence-corrected chi connectivity index (χ2v) is 28.4. The van der Waals surface area contributed by atoms with E-state index in [0.29, 0.717) is 183 Å². The normalized spacial score (nSPS) is 15.5. The van der Waals surface area contributed by atoms with Crippen molar-refractivity contribution in [2.24, 2.45) is 39.9 Å². The number of rotatable bonds is 24. The summed E-state index contributed by atoms with van der Waals surface area (Å²) < 4.78 is 0. The fraction of sp³-hybridized carbons (Fsp3) is 0.186. The van der Waals surface area contributed by atoms with Crippen LogP contribution in [-0.4, -0.2) is 199 Å². The predicted molar refractivity (Wildman–Crippen MR) is 457 cm³/mol. The molecule has 8 aliphatic heterocycles. The van der Waals surface area contributed by atoms with Crippen LogP contribution in [0.15, 0.2) is 222 Å².